The van der Waals surface area contributed by atoms with Gasteiger partial charge in [-0.3, -0.25) is 19.2 Å². The van der Waals surface area contributed by atoms with E-state index in [1.807, 2.05) is 151 Å². The predicted octanol–water partition coefficient (Wildman–Crippen LogP) is 32.3. The van der Waals surface area contributed by atoms with Gasteiger partial charge in [0.2, 0.25) is 0 Å². The number of carbonyl (C=O) groups is 4. The Balaban J connectivity index is 0.000000128. The summed E-state index contributed by atoms with van der Waals surface area (Å²) < 4.78 is 6.11. The molecule has 0 saturated carbocycles. The Hall–Kier alpha value is -13.7. The highest BCUT2D eigenvalue weighted by molar-refractivity contribution is 7.99. The minimum absolute atomic E-state index is 0.0556. The van der Waals surface area contributed by atoms with Crippen molar-refractivity contribution in [1.29, 1.82) is 0 Å². The second kappa shape index (κ2) is 40.1. The molecular formula is C113H104N4O5S. The van der Waals surface area contributed by atoms with Crippen LogP contribution in [0.2, 0.25) is 0 Å². The zero-order valence-electron chi connectivity index (χ0n) is 71.0. The van der Waals surface area contributed by atoms with E-state index in [1.165, 1.54) is 43.7 Å². The first-order valence-corrected chi connectivity index (χ1v) is 44.2. The Morgan fingerprint density at radius 2 is 0.553 bits per heavy atom. The molecule has 0 radical (unpaired) electrons. The topological polar surface area (TPSA) is 90.5 Å². The van der Waals surface area contributed by atoms with E-state index >= 15 is 0 Å². The number of para-hydroxylation sites is 10. The molecule has 15 aromatic rings. The van der Waals surface area contributed by atoms with E-state index in [0.717, 1.165) is 164 Å². The maximum atomic E-state index is 12.4. The number of rotatable bonds is 25. The van der Waals surface area contributed by atoms with Crippen LogP contribution in [0.25, 0.3) is 33.4 Å². The van der Waals surface area contributed by atoms with Gasteiger partial charge in [-0.1, -0.05) is 322 Å². The third-order valence-corrected chi connectivity index (χ3v) is 24.1. The van der Waals surface area contributed by atoms with Crippen LogP contribution in [0.1, 0.15) is 171 Å². The summed E-state index contributed by atoms with van der Waals surface area (Å²) in [6.07, 6.45) is 10.4. The SMILES string of the molecule is CCCCC(=O)c1ccc(-c2ccc(N3c4ccccc4C(C)(C)c4ccccc43)cc2)cc1.CCCCC(=O)c1ccc(-c2ccc(N3c4ccccc4Oc4ccccc43)cc2)cc1.CCCCC(=O)c1ccc(-c2ccc(N3c4ccccc4Sc4ccccc43)cc2)cc1.CCCCC(=O)c1cccc(N(c2ccccc2)c2ccccc2)c1. The largest absolute Gasteiger partial charge is 0.453 e. The summed E-state index contributed by atoms with van der Waals surface area (Å²) >= 11 is 1.82. The fourth-order valence-corrected chi connectivity index (χ4v) is 17.3. The molecule has 10 heteroatoms. The van der Waals surface area contributed by atoms with Crippen molar-refractivity contribution in [3.8, 4) is 44.9 Å². The molecule has 18 rings (SSSR count). The summed E-state index contributed by atoms with van der Waals surface area (Å²) in [5.41, 5.74) is 26.0. The highest BCUT2D eigenvalue weighted by Crippen LogP contribution is 2.55. The van der Waals surface area contributed by atoms with Gasteiger partial charge in [-0.05, 0) is 204 Å². The van der Waals surface area contributed by atoms with Crippen molar-refractivity contribution >= 4 is 103 Å². The predicted molar refractivity (Wildman–Crippen MR) is 513 cm³/mol. The van der Waals surface area contributed by atoms with Gasteiger partial charge in [0.25, 0.3) is 0 Å². The first-order chi connectivity index (χ1) is 60.3. The second-order valence-electron chi connectivity index (χ2n) is 31.8. The summed E-state index contributed by atoms with van der Waals surface area (Å²) in [6.45, 7) is 13.1. The van der Waals surface area contributed by atoms with E-state index < -0.39 is 0 Å². The van der Waals surface area contributed by atoms with Crippen LogP contribution in [0.15, 0.2) is 386 Å². The van der Waals surface area contributed by atoms with E-state index in [-0.39, 0.29) is 28.5 Å². The molecule has 0 fully saturated rings. The lowest BCUT2D eigenvalue weighted by molar-refractivity contribution is 0.0972. The number of anilines is 12. The van der Waals surface area contributed by atoms with Gasteiger partial charge < -0.3 is 24.3 Å². The van der Waals surface area contributed by atoms with Crippen molar-refractivity contribution in [3.63, 3.8) is 0 Å². The second-order valence-corrected chi connectivity index (χ2v) is 32.9. The smallest absolute Gasteiger partial charge is 0.162 e. The van der Waals surface area contributed by atoms with Crippen LogP contribution in [0.5, 0.6) is 11.5 Å². The number of unbranched alkanes of at least 4 members (excludes halogenated alkanes) is 4. The molecule has 3 aliphatic heterocycles. The molecule has 0 spiro atoms. The molecule has 0 bridgehead atoms. The van der Waals surface area contributed by atoms with Gasteiger partial charge >= 0.3 is 0 Å². The molecule has 0 amide bonds. The summed E-state index contributed by atoms with van der Waals surface area (Å²) in [4.78, 5) is 60.9. The number of hydrogen-bond donors (Lipinski definition) is 0. The Labute approximate surface area is 730 Å². The zero-order valence-corrected chi connectivity index (χ0v) is 71.8. The van der Waals surface area contributed by atoms with Crippen molar-refractivity contribution in [2.24, 2.45) is 0 Å². The number of Topliss-reactive ketones (excluding diaryl/α,β-unsaturated/α-hetero) is 4. The molecule has 9 nitrogen and oxygen atoms in total. The minimum Gasteiger partial charge on any atom is -0.453 e. The third kappa shape index (κ3) is 19.5. The highest BCUT2D eigenvalue weighted by atomic mass is 32.2. The average molecular weight is 1630 g/mol. The van der Waals surface area contributed by atoms with E-state index in [2.05, 4.69) is 298 Å². The van der Waals surface area contributed by atoms with Crippen molar-refractivity contribution < 1.29 is 23.9 Å². The Morgan fingerprint density at radius 3 is 0.911 bits per heavy atom. The summed E-state index contributed by atoms with van der Waals surface area (Å²) in [7, 11) is 0. The quantitative estimate of drug-likeness (QED) is 0.0515. The monoisotopic (exact) mass is 1630 g/mol. The fraction of sp³-hybridized carbons (Fsp3) is 0.168. The van der Waals surface area contributed by atoms with Crippen molar-refractivity contribution in [2.75, 3.05) is 19.6 Å². The maximum absolute atomic E-state index is 12.4. The van der Waals surface area contributed by atoms with Crippen LogP contribution in [-0.4, -0.2) is 23.1 Å². The lowest BCUT2D eigenvalue weighted by Crippen LogP contribution is -2.30. The normalized spacial score (nSPS) is 12.2. The molecule has 123 heavy (non-hydrogen) atoms. The summed E-state index contributed by atoms with van der Waals surface area (Å²) in [5.74, 6) is 2.59. The molecule has 0 saturated heterocycles. The van der Waals surface area contributed by atoms with Crippen molar-refractivity contribution in [1.82, 2.24) is 0 Å². The fourth-order valence-electron chi connectivity index (χ4n) is 16.2. The van der Waals surface area contributed by atoms with Crippen LogP contribution in [0, 0.1) is 0 Å². The maximum Gasteiger partial charge on any atom is 0.162 e. The molecule has 3 aliphatic rings. The molecule has 3 heterocycles. The van der Waals surface area contributed by atoms with E-state index in [4.69, 9.17) is 4.74 Å². The number of hydrogen-bond acceptors (Lipinski definition) is 10. The molecule has 0 aromatic heterocycles. The molecule has 612 valence electrons. The lowest BCUT2D eigenvalue weighted by atomic mass is 9.73. The van der Waals surface area contributed by atoms with Gasteiger partial charge in [0, 0.05) is 97.3 Å². The van der Waals surface area contributed by atoms with Gasteiger partial charge in [0.1, 0.15) is 0 Å². The van der Waals surface area contributed by atoms with E-state index in [0.29, 0.717) is 25.7 Å². The van der Waals surface area contributed by atoms with Gasteiger partial charge in [-0.15, -0.1) is 0 Å². The van der Waals surface area contributed by atoms with Gasteiger partial charge in [-0.25, -0.2) is 0 Å². The van der Waals surface area contributed by atoms with Crippen molar-refractivity contribution in [3.05, 3.63) is 409 Å². The molecule has 0 unspecified atom stereocenters. The Bertz CT molecular complexity index is 5730. The highest BCUT2D eigenvalue weighted by Gasteiger charge is 2.37. The van der Waals surface area contributed by atoms with E-state index in [9.17, 15) is 19.2 Å². The standard InChI is InChI=1S/C32H31NO.C29H25NO2.C29H25NOS.C23H23NO/c1-4-5-14-31(34)25-17-15-23(16-18-25)24-19-21-26(22-20-24)33-29-12-8-6-10-27(29)32(2,3)28-11-7-9-13-30(28)33;2*1-2-3-10-27(31)23-15-13-21(14-16-23)22-17-19-24(20-18-22)30-25-8-4-6-11-28(25)32-29-12-7-5-9-26(29)30;1-2-3-17-23(25)19-11-10-16-22(18-19)24(20-12-6-4-7-13-20)21-14-8-5-9-15-21/h6-13,15-22H,4-5,14H2,1-3H3;2*4-9,11-20H,2-3,10H2,1H3;4-16,18H,2-3,17H2,1H3. The summed E-state index contributed by atoms with van der Waals surface area (Å²) in [6, 6.07) is 129. The number of ketones is 4. The van der Waals surface area contributed by atoms with Crippen molar-refractivity contribution in [2.45, 2.75) is 134 Å². The number of carbonyl (C=O) groups excluding carboxylic acids is 4. The van der Waals surface area contributed by atoms with Gasteiger partial charge in [-0.2, -0.15) is 0 Å². The van der Waals surface area contributed by atoms with Gasteiger partial charge in [0.15, 0.2) is 34.6 Å². The number of fused-ring (bicyclic) bond motifs is 6. The van der Waals surface area contributed by atoms with Crippen LogP contribution >= 0.6 is 11.8 Å². The number of benzene rings is 15. The van der Waals surface area contributed by atoms with E-state index in [1.54, 1.807) is 0 Å². The lowest BCUT2D eigenvalue weighted by Gasteiger charge is -2.42. The van der Waals surface area contributed by atoms with Crippen LogP contribution in [0.4, 0.5) is 68.2 Å². The Kier molecular flexibility index (Phi) is 27.5. The first-order valence-electron chi connectivity index (χ1n) is 43.3. The Morgan fingerprint density at radius 1 is 0.276 bits per heavy atom. The molecule has 0 aliphatic carbocycles. The molecule has 0 atom stereocenters. The number of ether oxygens (including phenoxy) is 1. The molecule has 15 aromatic carbocycles. The minimum atomic E-state index is -0.0556. The zero-order chi connectivity index (χ0) is 85.0. The number of nitrogens with zero attached hydrogens (tertiary/aromatic N) is 4. The third-order valence-electron chi connectivity index (χ3n) is 23.0. The molecule has 0 N–H and O–H groups in total. The average Bonchev–Trinajstić information content (AvgIpc) is 0.735. The van der Waals surface area contributed by atoms with Gasteiger partial charge in [0.05, 0.1) is 34.1 Å². The van der Waals surface area contributed by atoms with Crippen LogP contribution in [-0.2, 0) is 5.41 Å². The van der Waals surface area contributed by atoms with Crippen LogP contribution < -0.4 is 24.3 Å². The first kappa shape index (κ1) is 84.4. The summed E-state index contributed by atoms with van der Waals surface area (Å²) in [5, 5.41) is 0. The van der Waals surface area contributed by atoms with Crippen LogP contribution in [0.3, 0.4) is 0 Å². The molecular weight excluding hydrogens is 1530 g/mol.